The number of hydrogen-bond acceptors (Lipinski definition) is 2. The fourth-order valence-electron chi connectivity index (χ4n) is 2.06. The van der Waals surface area contributed by atoms with Crippen LogP contribution in [0.1, 0.15) is 32.1 Å². The third-order valence-electron chi connectivity index (χ3n) is 2.85. The van der Waals surface area contributed by atoms with Crippen molar-refractivity contribution in [2.45, 2.75) is 44.3 Å². The second kappa shape index (κ2) is 5.70. The highest BCUT2D eigenvalue weighted by atomic mass is 19.4. The Bertz CT molecular complexity index is 184. The van der Waals surface area contributed by atoms with Gasteiger partial charge < -0.3 is 10.5 Å². The van der Waals surface area contributed by atoms with Gasteiger partial charge in [-0.15, -0.1) is 0 Å². The van der Waals surface area contributed by atoms with Crippen molar-refractivity contribution in [2.24, 2.45) is 11.7 Å². The van der Waals surface area contributed by atoms with Gasteiger partial charge in [0.25, 0.3) is 0 Å². The molecule has 5 heteroatoms. The maximum Gasteiger partial charge on any atom is 0.411 e. The molecule has 2 N–H and O–H groups in total. The summed E-state index contributed by atoms with van der Waals surface area (Å²) < 4.78 is 39.6. The number of ether oxygens (including phenoxy) is 1. The highest BCUT2D eigenvalue weighted by Gasteiger charge is 2.27. The lowest BCUT2D eigenvalue weighted by Crippen LogP contribution is -2.24. The van der Waals surface area contributed by atoms with Crippen LogP contribution < -0.4 is 5.73 Å². The van der Waals surface area contributed by atoms with Gasteiger partial charge in [0, 0.05) is 12.6 Å². The molecule has 1 aliphatic carbocycles. The summed E-state index contributed by atoms with van der Waals surface area (Å²) in [6, 6.07) is 0.243. The molecule has 0 radical (unpaired) electrons. The summed E-state index contributed by atoms with van der Waals surface area (Å²) in [5.74, 6) is 0.486. The molecule has 0 aromatic heterocycles. The van der Waals surface area contributed by atoms with Crippen LogP contribution >= 0.6 is 0 Å². The van der Waals surface area contributed by atoms with E-state index in [1.54, 1.807) is 0 Å². The van der Waals surface area contributed by atoms with Crippen molar-refractivity contribution in [1.82, 2.24) is 0 Å². The Hall–Kier alpha value is -0.290. The summed E-state index contributed by atoms with van der Waals surface area (Å²) in [5.41, 5.74) is 5.84. The average Bonchev–Trinajstić information content (AvgIpc) is 2.49. The molecule has 2 unspecified atom stereocenters. The first-order chi connectivity index (χ1) is 6.99. The maximum atomic E-state index is 11.7. The molecule has 0 saturated heterocycles. The van der Waals surface area contributed by atoms with E-state index in [0.717, 1.165) is 25.7 Å². The van der Waals surface area contributed by atoms with Gasteiger partial charge in [-0.25, -0.2) is 0 Å². The Labute approximate surface area is 88.0 Å². The number of rotatable bonds is 5. The lowest BCUT2D eigenvalue weighted by atomic mass is 9.99. The quantitative estimate of drug-likeness (QED) is 0.729. The molecule has 1 aliphatic rings. The minimum Gasteiger partial charge on any atom is -0.372 e. The molecule has 1 fully saturated rings. The predicted molar refractivity (Wildman–Crippen MR) is 51.4 cm³/mol. The Kier molecular flexibility index (Phi) is 4.86. The zero-order chi connectivity index (χ0) is 11.3. The fourth-order valence-corrected chi connectivity index (χ4v) is 2.06. The van der Waals surface area contributed by atoms with Gasteiger partial charge in [-0.2, -0.15) is 13.2 Å². The van der Waals surface area contributed by atoms with Crippen molar-refractivity contribution in [2.75, 3.05) is 13.2 Å². The lowest BCUT2D eigenvalue weighted by Gasteiger charge is -2.15. The van der Waals surface area contributed by atoms with Crippen molar-refractivity contribution in [3.8, 4) is 0 Å². The van der Waals surface area contributed by atoms with Crippen LogP contribution in [0.2, 0.25) is 0 Å². The largest absolute Gasteiger partial charge is 0.411 e. The second-order valence-electron chi connectivity index (χ2n) is 4.16. The van der Waals surface area contributed by atoms with E-state index in [1.807, 2.05) is 0 Å². The summed E-state index contributed by atoms with van der Waals surface area (Å²) in [7, 11) is 0. The molecule has 0 aromatic carbocycles. The molecular weight excluding hydrogens is 207 g/mol. The fraction of sp³-hybridized carbons (Fsp3) is 1.00. The van der Waals surface area contributed by atoms with Crippen LogP contribution in [0.4, 0.5) is 13.2 Å². The Morgan fingerprint density at radius 3 is 2.53 bits per heavy atom. The lowest BCUT2D eigenvalue weighted by molar-refractivity contribution is -0.174. The van der Waals surface area contributed by atoms with Crippen molar-refractivity contribution in [3.05, 3.63) is 0 Å². The molecule has 0 amide bonds. The third-order valence-corrected chi connectivity index (χ3v) is 2.85. The third kappa shape index (κ3) is 5.37. The molecule has 2 atom stereocenters. The summed E-state index contributed by atoms with van der Waals surface area (Å²) in [6.45, 7) is -0.952. The van der Waals surface area contributed by atoms with Crippen molar-refractivity contribution < 1.29 is 17.9 Å². The van der Waals surface area contributed by atoms with Crippen LogP contribution in [0, 0.1) is 5.92 Å². The number of hydrogen-bond donors (Lipinski definition) is 1. The predicted octanol–water partition coefficient (Wildman–Crippen LogP) is 2.47. The van der Waals surface area contributed by atoms with Gasteiger partial charge in [0.2, 0.25) is 0 Å². The normalized spacial score (nSPS) is 27.2. The highest BCUT2D eigenvalue weighted by Crippen LogP contribution is 2.27. The Morgan fingerprint density at radius 1 is 1.27 bits per heavy atom. The maximum absolute atomic E-state index is 11.7. The molecule has 0 aromatic rings. The van der Waals surface area contributed by atoms with E-state index in [9.17, 15) is 13.2 Å². The Balaban J connectivity index is 1.97. The van der Waals surface area contributed by atoms with Crippen LogP contribution in [0.15, 0.2) is 0 Å². The Morgan fingerprint density at radius 2 is 2.00 bits per heavy atom. The zero-order valence-corrected chi connectivity index (χ0v) is 8.72. The molecule has 0 heterocycles. The standard InChI is InChI=1S/C10H18F3NO/c11-10(12,13)7-15-6-2-4-8-3-1-5-9(8)14/h8-9H,1-7,14H2. The first-order valence-corrected chi connectivity index (χ1v) is 5.39. The second-order valence-corrected chi connectivity index (χ2v) is 4.16. The molecule has 15 heavy (non-hydrogen) atoms. The summed E-state index contributed by atoms with van der Waals surface area (Å²) >= 11 is 0. The van der Waals surface area contributed by atoms with Gasteiger partial charge in [0.15, 0.2) is 0 Å². The summed E-state index contributed by atoms with van der Waals surface area (Å²) in [5, 5.41) is 0. The molecule has 2 nitrogen and oxygen atoms in total. The van der Waals surface area contributed by atoms with Gasteiger partial charge >= 0.3 is 6.18 Å². The first kappa shape index (κ1) is 12.8. The van der Waals surface area contributed by atoms with Crippen LogP contribution in [-0.2, 0) is 4.74 Å². The average molecular weight is 225 g/mol. The molecule has 1 saturated carbocycles. The molecule has 0 aliphatic heterocycles. The van der Waals surface area contributed by atoms with E-state index in [1.165, 1.54) is 0 Å². The van der Waals surface area contributed by atoms with Crippen molar-refractivity contribution >= 4 is 0 Å². The molecule has 90 valence electrons. The minimum absolute atomic E-state index is 0.183. The van der Waals surface area contributed by atoms with Crippen LogP contribution in [0.5, 0.6) is 0 Å². The van der Waals surface area contributed by atoms with Gasteiger partial charge in [-0.3, -0.25) is 0 Å². The topological polar surface area (TPSA) is 35.2 Å². The van der Waals surface area contributed by atoms with Gasteiger partial charge in [-0.05, 0) is 31.6 Å². The van der Waals surface area contributed by atoms with Gasteiger partial charge in [-0.1, -0.05) is 6.42 Å². The summed E-state index contributed by atoms with van der Waals surface area (Å²) in [4.78, 5) is 0. The minimum atomic E-state index is -4.20. The number of nitrogens with two attached hydrogens (primary N) is 1. The van der Waals surface area contributed by atoms with E-state index in [0.29, 0.717) is 12.3 Å². The van der Waals surface area contributed by atoms with Crippen molar-refractivity contribution in [1.29, 1.82) is 0 Å². The van der Waals surface area contributed by atoms with Crippen LogP contribution in [-0.4, -0.2) is 25.4 Å². The van der Waals surface area contributed by atoms with E-state index in [2.05, 4.69) is 4.74 Å². The molecule has 1 rings (SSSR count). The smallest absolute Gasteiger partial charge is 0.372 e. The van der Waals surface area contributed by atoms with Crippen LogP contribution in [0.3, 0.4) is 0 Å². The molecular formula is C10H18F3NO. The van der Waals surface area contributed by atoms with E-state index in [4.69, 9.17) is 5.73 Å². The number of alkyl halides is 3. The van der Waals surface area contributed by atoms with E-state index in [-0.39, 0.29) is 12.6 Å². The monoisotopic (exact) mass is 225 g/mol. The number of halogens is 3. The van der Waals surface area contributed by atoms with E-state index >= 15 is 0 Å². The highest BCUT2D eigenvalue weighted by molar-refractivity contribution is 4.79. The zero-order valence-electron chi connectivity index (χ0n) is 8.72. The SMILES string of the molecule is NC1CCCC1CCCOCC(F)(F)F. The summed E-state index contributed by atoms with van der Waals surface area (Å²) in [6.07, 6.45) is 0.668. The van der Waals surface area contributed by atoms with E-state index < -0.39 is 12.8 Å². The molecule has 0 spiro atoms. The van der Waals surface area contributed by atoms with Gasteiger partial charge in [0.1, 0.15) is 6.61 Å². The molecule has 0 bridgehead atoms. The first-order valence-electron chi connectivity index (χ1n) is 5.39. The van der Waals surface area contributed by atoms with Crippen LogP contribution in [0.25, 0.3) is 0 Å². The van der Waals surface area contributed by atoms with Gasteiger partial charge in [0.05, 0.1) is 0 Å². The van der Waals surface area contributed by atoms with Crippen molar-refractivity contribution in [3.63, 3.8) is 0 Å².